The van der Waals surface area contributed by atoms with Crippen LogP contribution in [0.15, 0.2) is 12.1 Å². The predicted molar refractivity (Wildman–Crippen MR) is 156 cm³/mol. The van der Waals surface area contributed by atoms with E-state index in [-0.39, 0.29) is 36.1 Å². The van der Waals surface area contributed by atoms with Crippen molar-refractivity contribution >= 4 is 5.97 Å². The third kappa shape index (κ3) is 9.42. The zero-order valence-electron chi connectivity index (χ0n) is 25.7. The van der Waals surface area contributed by atoms with Gasteiger partial charge in [-0.1, -0.05) is 51.5 Å². The Morgan fingerprint density at radius 1 is 0.925 bits per heavy atom. The molecule has 0 spiro atoms. The van der Waals surface area contributed by atoms with Gasteiger partial charge in [0.25, 0.3) is 0 Å². The molecule has 2 fully saturated rings. The van der Waals surface area contributed by atoms with Crippen LogP contribution in [0.1, 0.15) is 136 Å². The van der Waals surface area contributed by atoms with Crippen LogP contribution in [-0.2, 0) is 9.53 Å². The Bertz CT molecular complexity index is 911. The number of carbonyl (C=O) groups is 1. The number of esters is 1. The normalized spacial score (nSPS) is 25.3. The summed E-state index contributed by atoms with van der Waals surface area (Å²) in [5, 5.41) is 11.1. The van der Waals surface area contributed by atoms with Crippen molar-refractivity contribution in [1.29, 1.82) is 0 Å². The molecule has 0 bridgehead atoms. The van der Waals surface area contributed by atoms with Crippen molar-refractivity contribution in [3.8, 4) is 5.75 Å². The Hall–Kier alpha value is -1.69. The number of rotatable bonds is 13. The van der Waals surface area contributed by atoms with Crippen molar-refractivity contribution in [2.45, 2.75) is 142 Å². The Kier molecular flexibility index (Phi) is 12.7. The fourth-order valence-electron chi connectivity index (χ4n) is 7.02. The minimum atomic E-state index is -0.919. The molecule has 2 atom stereocenters. The van der Waals surface area contributed by atoms with E-state index in [0.29, 0.717) is 37.2 Å². The summed E-state index contributed by atoms with van der Waals surface area (Å²) in [4.78, 5) is 13.3. The molecule has 1 aromatic carbocycles. The highest BCUT2D eigenvalue weighted by atomic mass is 19.2. The topological polar surface area (TPSA) is 55.8 Å². The zero-order chi connectivity index (χ0) is 29.3. The Morgan fingerprint density at radius 2 is 1.57 bits per heavy atom. The highest BCUT2D eigenvalue weighted by Gasteiger charge is 2.37. The third-order valence-corrected chi connectivity index (χ3v) is 9.29. The first kappa shape index (κ1) is 32.8. The molecule has 4 nitrogen and oxygen atoms in total. The van der Waals surface area contributed by atoms with E-state index in [1.807, 2.05) is 20.8 Å². The lowest BCUT2D eigenvalue weighted by atomic mass is 9.71. The van der Waals surface area contributed by atoms with Gasteiger partial charge in [-0.05, 0) is 114 Å². The highest BCUT2D eigenvalue weighted by Crippen LogP contribution is 2.43. The number of hydrogen-bond donors (Lipinski definition) is 1. The monoisotopic (exact) mass is 564 g/mol. The standard InChI is InChI=1S/C34H54F2O4/c1-6-8-9-10-23-11-13-26(14-12-23)29(37)21-19-28(33(38)40-34(3,4)5)25-17-15-24(16-18-25)27-20-22-30(39-7-2)32(36)31(27)35/h20,22-26,28-29,37H,6-19,21H2,1-5H3/t23-,24-,25-,26-,28?,29?. The summed E-state index contributed by atoms with van der Waals surface area (Å²) in [5.41, 5.74) is -0.182. The van der Waals surface area contributed by atoms with Gasteiger partial charge in [-0.2, -0.15) is 4.39 Å². The summed E-state index contributed by atoms with van der Waals surface area (Å²) in [6.45, 7) is 9.92. The second-order valence-corrected chi connectivity index (χ2v) is 13.4. The van der Waals surface area contributed by atoms with Crippen LogP contribution in [0.5, 0.6) is 5.75 Å². The Balaban J connectivity index is 1.58. The maximum Gasteiger partial charge on any atom is 0.309 e. The largest absolute Gasteiger partial charge is 0.491 e. The maximum absolute atomic E-state index is 14.9. The van der Waals surface area contributed by atoms with Crippen molar-refractivity contribution in [3.63, 3.8) is 0 Å². The molecule has 0 heterocycles. The summed E-state index contributed by atoms with van der Waals surface area (Å²) in [6.07, 6.45) is 13.5. The molecule has 2 aliphatic carbocycles. The highest BCUT2D eigenvalue weighted by molar-refractivity contribution is 5.73. The average molecular weight is 565 g/mol. The number of ether oxygens (including phenoxy) is 2. The van der Waals surface area contributed by atoms with Gasteiger partial charge < -0.3 is 14.6 Å². The van der Waals surface area contributed by atoms with E-state index in [0.717, 1.165) is 31.6 Å². The van der Waals surface area contributed by atoms with Crippen molar-refractivity contribution in [2.24, 2.45) is 23.7 Å². The van der Waals surface area contributed by atoms with E-state index in [1.165, 1.54) is 44.6 Å². The van der Waals surface area contributed by atoms with Crippen LogP contribution in [-0.4, -0.2) is 29.4 Å². The number of halogens is 2. The second-order valence-electron chi connectivity index (χ2n) is 13.4. The fraction of sp³-hybridized carbons (Fsp3) is 0.794. The van der Waals surface area contributed by atoms with E-state index < -0.39 is 23.3 Å². The van der Waals surface area contributed by atoms with Crippen LogP contribution in [0.25, 0.3) is 0 Å². The van der Waals surface area contributed by atoms with Gasteiger partial charge in [0.05, 0.1) is 18.6 Å². The van der Waals surface area contributed by atoms with Crippen LogP contribution in [0.3, 0.4) is 0 Å². The molecule has 2 aliphatic rings. The molecule has 6 heteroatoms. The number of aliphatic hydroxyl groups excluding tert-OH is 1. The Labute approximate surface area is 241 Å². The molecule has 1 aromatic rings. The van der Waals surface area contributed by atoms with Crippen molar-refractivity contribution in [2.75, 3.05) is 6.61 Å². The van der Waals surface area contributed by atoms with E-state index in [9.17, 15) is 18.7 Å². The van der Waals surface area contributed by atoms with Crippen LogP contribution in [0.2, 0.25) is 0 Å². The van der Waals surface area contributed by atoms with Gasteiger partial charge in [-0.15, -0.1) is 0 Å². The van der Waals surface area contributed by atoms with E-state index in [4.69, 9.17) is 9.47 Å². The van der Waals surface area contributed by atoms with Crippen molar-refractivity contribution in [3.05, 3.63) is 29.3 Å². The first-order chi connectivity index (χ1) is 19.0. The van der Waals surface area contributed by atoms with Crippen LogP contribution >= 0.6 is 0 Å². The van der Waals surface area contributed by atoms with Gasteiger partial charge >= 0.3 is 5.97 Å². The molecule has 0 saturated heterocycles. The molecule has 0 aliphatic heterocycles. The molecular formula is C34H54F2O4. The Morgan fingerprint density at radius 3 is 2.17 bits per heavy atom. The quantitative estimate of drug-likeness (QED) is 0.192. The number of carbonyl (C=O) groups excluding carboxylic acids is 1. The molecule has 2 unspecified atom stereocenters. The zero-order valence-corrected chi connectivity index (χ0v) is 25.7. The molecule has 3 rings (SSSR count). The fourth-order valence-corrected chi connectivity index (χ4v) is 7.02. The van der Waals surface area contributed by atoms with Gasteiger partial charge in [0.2, 0.25) is 5.82 Å². The second kappa shape index (κ2) is 15.5. The lowest BCUT2D eigenvalue weighted by molar-refractivity contribution is -0.163. The average Bonchev–Trinajstić information content (AvgIpc) is 2.91. The molecule has 1 N–H and O–H groups in total. The van der Waals surface area contributed by atoms with E-state index in [2.05, 4.69) is 6.92 Å². The van der Waals surface area contributed by atoms with Gasteiger partial charge in [-0.25, -0.2) is 4.39 Å². The van der Waals surface area contributed by atoms with Gasteiger partial charge in [0.15, 0.2) is 11.6 Å². The number of benzene rings is 1. The summed E-state index contributed by atoms with van der Waals surface area (Å²) >= 11 is 0. The molecule has 2 saturated carbocycles. The van der Waals surface area contributed by atoms with Gasteiger partial charge in [0.1, 0.15) is 5.60 Å². The first-order valence-electron chi connectivity index (χ1n) is 16.1. The molecular weight excluding hydrogens is 510 g/mol. The van der Waals surface area contributed by atoms with Crippen LogP contribution in [0, 0.1) is 35.3 Å². The van der Waals surface area contributed by atoms with Gasteiger partial charge in [-0.3, -0.25) is 4.79 Å². The van der Waals surface area contributed by atoms with Crippen molar-refractivity contribution in [1.82, 2.24) is 0 Å². The molecule has 0 amide bonds. The number of aliphatic hydroxyl groups is 1. The SMILES string of the molecule is CCCCC[C@H]1CC[C@H](C(O)CCC(C(=O)OC(C)(C)C)[C@H]2CC[C@H](c3ccc(OCC)c(F)c3F)CC2)CC1. The van der Waals surface area contributed by atoms with E-state index in [1.54, 1.807) is 13.0 Å². The predicted octanol–water partition coefficient (Wildman–Crippen LogP) is 9.12. The maximum atomic E-state index is 14.9. The van der Waals surface area contributed by atoms with Crippen molar-refractivity contribution < 1.29 is 28.2 Å². The molecule has 0 radical (unpaired) electrons. The lowest BCUT2D eigenvalue weighted by Gasteiger charge is -2.36. The summed E-state index contributed by atoms with van der Waals surface area (Å²) in [5.74, 6) is -1.13. The first-order valence-corrected chi connectivity index (χ1v) is 16.1. The summed E-state index contributed by atoms with van der Waals surface area (Å²) in [6, 6.07) is 3.17. The molecule has 0 aromatic heterocycles. The minimum Gasteiger partial charge on any atom is -0.491 e. The number of hydrogen-bond acceptors (Lipinski definition) is 4. The van der Waals surface area contributed by atoms with Gasteiger partial charge in [0, 0.05) is 0 Å². The summed E-state index contributed by atoms with van der Waals surface area (Å²) in [7, 11) is 0. The van der Waals surface area contributed by atoms with Crippen LogP contribution < -0.4 is 4.74 Å². The van der Waals surface area contributed by atoms with Crippen LogP contribution in [0.4, 0.5) is 8.78 Å². The smallest absolute Gasteiger partial charge is 0.309 e. The number of unbranched alkanes of at least 4 members (excludes halogenated alkanes) is 2. The summed E-state index contributed by atoms with van der Waals surface area (Å²) < 4.78 is 40.4. The molecule has 228 valence electrons. The lowest BCUT2D eigenvalue weighted by Crippen LogP contribution is -2.35. The molecule has 40 heavy (non-hydrogen) atoms. The minimum absolute atomic E-state index is 0.0500. The third-order valence-electron chi connectivity index (χ3n) is 9.29. The van der Waals surface area contributed by atoms with E-state index >= 15 is 0 Å².